The fourth-order valence-electron chi connectivity index (χ4n) is 1.34. The van der Waals surface area contributed by atoms with E-state index in [4.69, 9.17) is 4.74 Å². The monoisotopic (exact) mass is 209 g/mol. The van der Waals surface area contributed by atoms with Gasteiger partial charge in [-0.05, 0) is 13.0 Å². The van der Waals surface area contributed by atoms with Crippen LogP contribution in [0.5, 0.6) is 5.75 Å². The second kappa shape index (κ2) is 3.34. The van der Waals surface area contributed by atoms with Gasteiger partial charge in [-0.3, -0.25) is 9.59 Å². The molecule has 15 heavy (non-hydrogen) atoms. The van der Waals surface area contributed by atoms with Crippen LogP contribution in [0.3, 0.4) is 0 Å². The summed E-state index contributed by atoms with van der Waals surface area (Å²) in [6.07, 6.45) is -0.265. The molecule has 4 nitrogen and oxygen atoms in total. The van der Waals surface area contributed by atoms with Crippen LogP contribution in [0.4, 0.5) is 10.1 Å². The minimum atomic E-state index is -0.660. The molecule has 0 aromatic heterocycles. The summed E-state index contributed by atoms with van der Waals surface area (Å²) < 4.78 is 18.3. The number of halogens is 1. The molecular formula is C10H8FNO3. The number of fused-ring (bicyclic) bond motifs is 1. The Labute approximate surface area is 85.0 Å². The predicted octanol–water partition coefficient (Wildman–Crippen LogP) is 1.36. The Morgan fingerprint density at radius 1 is 1.53 bits per heavy atom. The average Bonchev–Trinajstić information content (AvgIpc) is 2.20. The second-order valence-corrected chi connectivity index (χ2v) is 3.24. The maximum atomic E-state index is 13.2. The van der Waals surface area contributed by atoms with E-state index in [0.717, 1.165) is 6.07 Å². The van der Waals surface area contributed by atoms with Gasteiger partial charge < -0.3 is 10.1 Å². The van der Waals surface area contributed by atoms with Crippen LogP contribution in [0, 0.1) is 5.82 Å². The van der Waals surface area contributed by atoms with Gasteiger partial charge in [-0.1, -0.05) is 0 Å². The summed E-state index contributed by atoms with van der Waals surface area (Å²) in [5.41, 5.74) is 0.216. The Morgan fingerprint density at radius 3 is 2.93 bits per heavy atom. The van der Waals surface area contributed by atoms with Crippen molar-refractivity contribution in [1.29, 1.82) is 0 Å². The first-order chi connectivity index (χ1) is 7.11. The molecule has 2 rings (SSSR count). The molecule has 0 fully saturated rings. The first-order valence-corrected chi connectivity index (χ1v) is 4.38. The predicted molar refractivity (Wildman–Crippen MR) is 50.5 cm³/mol. The van der Waals surface area contributed by atoms with Crippen molar-refractivity contribution in [2.24, 2.45) is 0 Å². The number of aldehydes is 1. The number of anilines is 1. The number of carbonyl (C=O) groups excluding carboxylic acids is 2. The van der Waals surface area contributed by atoms with E-state index in [2.05, 4.69) is 5.32 Å². The molecule has 78 valence electrons. The van der Waals surface area contributed by atoms with Crippen LogP contribution in [0.2, 0.25) is 0 Å². The molecule has 0 spiro atoms. The summed E-state index contributed by atoms with van der Waals surface area (Å²) in [7, 11) is 0. The van der Waals surface area contributed by atoms with Gasteiger partial charge in [-0.25, -0.2) is 4.39 Å². The van der Waals surface area contributed by atoms with Crippen LogP contribution in [0.15, 0.2) is 12.1 Å². The van der Waals surface area contributed by atoms with Crippen molar-refractivity contribution >= 4 is 17.9 Å². The molecule has 1 aromatic rings. The lowest BCUT2D eigenvalue weighted by atomic mass is 10.1. The minimum Gasteiger partial charge on any atom is -0.479 e. The van der Waals surface area contributed by atoms with E-state index in [1.807, 2.05) is 0 Å². The number of hydrogen-bond donors (Lipinski definition) is 1. The van der Waals surface area contributed by atoms with E-state index < -0.39 is 11.9 Å². The first-order valence-electron chi connectivity index (χ1n) is 4.38. The van der Waals surface area contributed by atoms with E-state index in [9.17, 15) is 14.0 Å². The first kappa shape index (κ1) is 9.64. The van der Waals surface area contributed by atoms with Crippen molar-refractivity contribution in [3.05, 3.63) is 23.5 Å². The number of benzene rings is 1. The fraction of sp³-hybridized carbons (Fsp3) is 0.200. The van der Waals surface area contributed by atoms with Crippen LogP contribution in [-0.2, 0) is 4.79 Å². The number of amides is 1. The van der Waals surface area contributed by atoms with Gasteiger partial charge in [0.05, 0.1) is 11.3 Å². The molecule has 0 bridgehead atoms. The number of carbonyl (C=O) groups is 2. The number of rotatable bonds is 1. The molecular weight excluding hydrogens is 201 g/mol. The van der Waals surface area contributed by atoms with Crippen molar-refractivity contribution in [3.63, 3.8) is 0 Å². The van der Waals surface area contributed by atoms with E-state index in [0.29, 0.717) is 12.0 Å². The highest BCUT2D eigenvalue weighted by atomic mass is 19.1. The Hall–Kier alpha value is -1.91. The van der Waals surface area contributed by atoms with Gasteiger partial charge >= 0.3 is 0 Å². The average molecular weight is 209 g/mol. The molecule has 0 radical (unpaired) electrons. The number of ether oxygens (including phenoxy) is 1. The quantitative estimate of drug-likeness (QED) is 0.710. The maximum absolute atomic E-state index is 13.2. The Morgan fingerprint density at radius 2 is 2.27 bits per heavy atom. The number of hydrogen-bond acceptors (Lipinski definition) is 3. The lowest BCUT2D eigenvalue weighted by Crippen LogP contribution is -2.34. The topological polar surface area (TPSA) is 55.4 Å². The summed E-state index contributed by atoms with van der Waals surface area (Å²) in [5, 5.41) is 2.52. The third-order valence-corrected chi connectivity index (χ3v) is 2.16. The molecule has 1 atom stereocenters. The van der Waals surface area contributed by atoms with Crippen molar-refractivity contribution in [2.45, 2.75) is 13.0 Å². The summed E-state index contributed by atoms with van der Waals surface area (Å²) in [5.74, 6) is -0.733. The smallest absolute Gasteiger partial charge is 0.265 e. The van der Waals surface area contributed by atoms with Gasteiger partial charge in [0, 0.05) is 6.07 Å². The Bertz CT molecular complexity index is 445. The SMILES string of the molecule is CC1Oc2cc(F)c(C=O)cc2NC1=O. The molecule has 1 aliphatic heterocycles. The standard InChI is InChI=1S/C10H8FNO3/c1-5-10(14)12-8-2-6(4-13)7(11)3-9(8)15-5/h2-5H,1H3,(H,12,14). The lowest BCUT2D eigenvalue weighted by molar-refractivity contribution is -0.122. The third-order valence-electron chi connectivity index (χ3n) is 2.16. The lowest BCUT2D eigenvalue weighted by Gasteiger charge is -2.23. The van der Waals surface area contributed by atoms with Crippen LogP contribution >= 0.6 is 0 Å². The molecule has 1 aromatic carbocycles. The van der Waals surface area contributed by atoms with Crippen molar-refractivity contribution in [1.82, 2.24) is 0 Å². The highest BCUT2D eigenvalue weighted by molar-refractivity contribution is 5.98. The van der Waals surface area contributed by atoms with Crippen LogP contribution < -0.4 is 10.1 Å². The van der Waals surface area contributed by atoms with Gasteiger partial charge in [0.25, 0.3) is 5.91 Å². The van der Waals surface area contributed by atoms with Crippen LogP contribution in [0.25, 0.3) is 0 Å². The van der Waals surface area contributed by atoms with Gasteiger partial charge in [-0.2, -0.15) is 0 Å². The summed E-state index contributed by atoms with van der Waals surface area (Å²) in [6, 6.07) is 2.34. The van der Waals surface area contributed by atoms with Crippen molar-refractivity contribution < 1.29 is 18.7 Å². The van der Waals surface area contributed by atoms with Gasteiger partial charge in [-0.15, -0.1) is 0 Å². The number of nitrogens with one attached hydrogen (secondary N) is 1. The van der Waals surface area contributed by atoms with Gasteiger partial charge in [0.1, 0.15) is 11.6 Å². The molecule has 0 saturated heterocycles. The van der Waals surface area contributed by atoms with E-state index in [1.165, 1.54) is 6.07 Å². The van der Waals surface area contributed by atoms with E-state index >= 15 is 0 Å². The zero-order chi connectivity index (χ0) is 11.0. The summed E-state index contributed by atoms with van der Waals surface area (Å²) >= 11 is 0. The third kappa shape index (κ3) is 1.56. The zero-order valence-electron chi connectivity index (χ0n) is 7.91. The Kier molecular flexibility index (Phi) is 2.15. The fourth-order valence-corrected chi connectivity index (χ4v) is 1.34. The highest BCUT2D eigenvalue weighted by Gasteiger charge is 2.24. The molecule has 5 heteroatoms. The normalized spacial score (nSPS) is 18.8. The summed E-state index contributed by atoms with van der Waals surface area (Å²) in [6.45, 7) is 1.56. The van der Waals surface area contributed by atoms with Gasteiger partial charge in [0.15, 0.2) is 12.4 Å². The van der Waals surface area contributed by atoms with E-state index in [-0.39, 0.29) is 17.2 Å². The largest absolute Gasteiger partial charge is 0.479 e. The van der Waals surface area contributed by atoms with Crippen molar-refractivity contribution in [2.75, 3.05) is 5.32 Å². The van der Waals surface area contributed by atoms with Crippen LogP contribution in [0.1, 0.15) is 17.3 Å². The molecule has 1 unspecified atom stereocenters. The Balaban J connectivity index is 2.49. The second-order valence-electron chi connectivity index (χ2n) is 3.24. The molecule has 0 saturated carbocycles. The van der Waals surface area contributed by atoms with Crippen molar-refractivity contribution in [3.8, 4) is 5.75 Å². The molecule has 1 N–H and O–H groups in total. The highest BCUT2D eigenvalue weighted by Crippen LogP contribution is 2.31. The maximum Gasteiger partial charge on any atom is 0.265 e. The molecule has 1 amide bonds. The minimum absolute atomic E-state index is 0.104. The molecule has 1 aliphatic rings. The summed E-state index contributed by atoms with van der Waals surface area (Å²) in [4.78, 5) is 21.7. The molecule has 1 heterocycles. The zero-order valence-corrected chi connectivity index (χ0v) is 7.91. The van der Waals surface area contributed by atoms with Crippen LogP contribution in [-0.4, -0.2) is 18.3 Å². The van der Waals surface area contributed by atoms with Gasteiger partial charge in [0.2, 0.25) is 0 Å². The molecule has 0 aliphatic carbocycles. The van der Waals surface area contributed by atoms with E-state index in [1.54, 1.807) is 6.92 Å².